The minimum Gasteiger partial charge on any atom is -0.497 e. The normalized spacial score (nSPS) is 12.1. The fraction of sp³-hybridized carbons (Fsp3) is 0.182. The minimum atomic E-state index is -4.84. The number of rotatable bonds is 13. The third kappa shape index (κ3) is 9.33. The number of nitrogens with one attached hydrogen (secondary N) is 2. The van der Waals surface area contributed by atoms with Gasteiger partial charge in [0.05, 0.1) is 7.11 Å². The quantitative estimate of drug-likeness (QED) is 0.0542. The molecular formula is C44H44N2O11S3. The molecule has 16 heteroatoms. The van der Waals surface area contributed by atoms with E-state index < -0.39 is 41.2 Å². The Bertz CT molecular complexity index is 2810. The zero-order valence-electron chi connectivity index (χ0n) is 33.7. The van der Waals surface area contributed by atoms with Crippen LogP contribution in [0.1, 0.15) is 56.0 Å². The van der Waals surface area contributed by atoms with Crippen LogP contribution < -0.4 is 20.1 Å². The van der Waals surface area contributed by atoms with Crippen molar-refractivity contribution in [1.82, 2.24) is 0 Å². The molecule has 0 heterocycles. The van der Waals surface area contributed by atoms with Gasteiger partial charge < -0.3 is 20.1 Å². The van der Waals surface area contributed by atoms with Crippen molar-refractivity contribution in [1.29, 1.82) is 0 Å². The molecule has 6 aromatic rings. The Hall–Kier alpha value is -5.75. The minimum absolute atomic E-state index is 0.149. The molecule has 314 valence electrons. The van der Waals surface area contributed by atoms with Gasteiger partial charge in [-0.2, -0.15) is 25.3 Å². The standard InChI is InChI=1S/C44H44N2O11S3/c1-25-22-27(3)43(59(50,51)52)29(5)41(25)45-33-12-8-31(9-13-33)40(38-21-20-37(24-39(38)58(47,48)49)57-36-18-16-35(56-7)17-19-36)32-10-14-34(15-11-32)46-42-26(2)23-28(4)44(30(42)6)60(53,54)55/h8-24,40,45-46H,1-7H3,(H,47,48,49)(H,50,51,52)(H,53,54,55). The Labute approximate surface area is 350 Å². The first-order chi connectivity index (χ1) is 28.1. The van der Waals surface area contributed by atoms with Gasteiger partial charge in [-0.15, -0.1) is 0 Å². The van der Waals surface area contributed by atoms with Gasteiger partial charge in [-0.05, 0) is 146 Å². The van der Waals surface area contributed by atoms with Crippen LogP contribution in [-0.4, -0.2) is 46.0 Å². The van der Waals surface area contributed by atoms with E-state index in [2.05, 4.69) is 10.6 Å². The maximum absolute atomic E-state index is 13.1. The van der Waals surface area contributed by atoms with E-state index in [4.69, 9.17) is 9.47 Å². The van der Waals surface area contributed by atoms with E-state index in [0.29, 0.717) is 67.6 Å². The van der Waals surface area contributed by atoms with Crippen molar-refractivity contribution in [3.05, 3.63) is 153 Å². The lowest BCUT2D eigenvalue weighted by atomic mass is 9.85. The van der Waals surface area contributed by atoms with E-state index >= 15 is 0 Å². The molecule has 13 nitrogen and oxygen atoms in total. The van der Waals surface area contributed by atoms with Gasteiger partial charge in [0.25, 0.3) is 30.4 Å². The van der Waals surface area contributed by atoms with Crippen molar-refractivity contribution >= 4 is 53.1 Å². The number of anilines is 4. The van der Waals surface area contributed by atoms with Crippen LogP contribution in [0.15, 0.2) is 118 Å². The molecule has 0 bridgehead atoms. The van der Waals surface area contributed by atoms with Crippen LogP contribution in [0.2, 0.25) is 0 Å². The molecule has 60 heavy (non-hydrogen) atoms. The molecule has 0 aromatic heterocycles. The molecule has 0 amide bonds. The second-order valence-corrected chi connectivity index (χ2v) is 18.6. The van der Waals surface area contributed by atoms with Crippen molar-refractivity contribution in [2.45, 2.75) is 62.1 Å². The van der Waals surface area contributed by atoms with Gasteiger partial charge in [-0.3, -0.25) is 13.7 Å². The molecule has 0 spiro atoms. The van der Waals surface area contributed by atoms with E-state index in [0.717, 1.165) is 11.1 Å². The van der Waals surface area contributed by atoms with Crippen LogP contribution in [0.4, 0.5) is 22.7 Å². The Morgan fingerprint density at radius 1 is 0.483 bits per heavy atom. The number of aryl methyl sites for hydroxylation is 4. The largest absolute Gasteiger partial charge is 0.497 e. The van der Waals surface area contributed by atoms with Crippen LogP contribution in [0.3, 0.4) is 0 Å². The van der Waals surface area contributed by atoms with Gasteiger partial charge in [-0.1, -0.05) is 42.5 Å². The predicted molar refractivity (Wildman–Crippen MR) is 231 cm³/mol. The van der Waals surface area contributed by atoms with Crippen molar-refractivity contribution < 1.29 is 48.4 Å². The van der Waals surface area contributed by atoms with Crippen molar-refractivity contribution in [3.63, 3.8) is 0 Å². The summed E-state index contributed by atoms with van der Waals surface area (Å²) in [7, 11) is -12.3. The van der Waals surface area contributed by atoms with E-state index in [1.807, 2.05) is 13.8 Å². The number of benzene rings is 6. The Morgan fingerprint density at radius 3 is 1.27 bits per heavy atom. The second-order valence-electron chi connectivity index (χ2n) is 14.5. The molecule has 0 atom stereocenters. The Morgan fingerprint density at radius 2 is 0.883 bits per heavy atom. The highest BCUT2D eigenvalue weighted by atomic mass is 32.2. The maximum Gasteiger partial charge on any atom is 0.295 e. The fourth-order valence-corrected chi connectivity index (χ4v) is 10.3. The second kappa shape index (κ2) is 16.7. The topological polar surface area (TPSA) is 206 Å². The summed E-state index contributed by atoms with van der Waals surface area (Å²) in [4.78, 5) is -0.766. The van der Waals surface area contributed by atoms with Gasteiger partial charge in [-0.25, -0.2) is 0 Å². The lowest BCUT2D eigenvalue weighted by Gasteiger charge is -2.23. The average Bonchev–Trinajstić information content (AvgIpc) is 3.15. The fourth-order valence-electron chi connectivity index (χ4n) is 7.69. The smallest absolute Gasteiger partial charge is 0.295 e. The number of hydrogen-bond donors (Lipinski definition) is 5. The van der Waals surface area contributed by atoms with E-state index in [9.17, 15) is 38.9 Å². The van der Waals surface area contributed by atoms with Crippen molar-refractivity contribution in [3.8, 4) is 17.2 Å². The average molecular weight is 873 g/mol. The first kappa shape index (κ1) is 43.8. The summed E-state index contributed by atoms with van der Waals surface area (Å²) in [6.45, 7) is 10.0. The summed E-state index contributed by atoms with van der Waals surface area (Å²) in [6.07, 6.45) is 0. The lowest BCUT2D eigenvalue weighted by Crippen LogP contribution is -2.11. The molecule has 0 aliphatic rings. The van der Waals surface area contributed by atoms with E-state index in [1.165, 1.54) is 13.2 Å². The highest BCUT2D eigenvalue weighted by Crippen LogP contribution is 2.41. The van der Waals surface area contributed by atoms with Crippen LogP contribution in [-0.2, 0) is 30.4 Å². The van der Waals surface area contributed by atoms with Gasteiger partial charge in [0, 0.05) is 34.7 Å². The number of hydrogen-bond acceptors (Lipinski definition) is 10. The molecule has 0 fully saturated rings. The molecule has 5 N–H and O–H groups in total. The zero-order valence-corrected chi connectivity index (χ0v) is 36.2. The maximum atomic E-state index is 13.1. The van der Waals surface area contributed by atoms with E-state index in [1.54, 1.807) is 125 Å². The number of methoxy groups -OCH3 is 1. The molecule has 0 unspecified atom stereocenters. The third-order valence-corrected chi connectivity index (χ3v) is 13.4. The van der Waals surface area contributed by atoms with Crippen LogP contribution >= 0.6 is 0 Å². The van der Waals surface area contributed by atoms with Crippen LogP contribution in [0.25, 0.3) is 0 Å². The molecule has 0 saturated heterocycles. The molecule has 0 radical (unpaired) electrons. The first-order valence-corrected chi connectivity index (χ1v) is 22.7. The SMILES string of the molecule is COc1ccc(Oc2ccc(C(c3ccc(Nc4c(C)cc(C)c(S(=O)(=O)O)c4C)cc3)c3ccc(Nc4c(C)cc(C)c(S(=O)(=O)O)c4C)cc3)c(S(=O)(=O)O)c2)cc1. The van der Waals surface area contributed by atoms with Gasteiger partial charge in [0.1, 0.15) is 31.9 Å². The van der Waals surface area contributed by atoms with Gasteiger partial charge in [0.2, 0.25) is 0 Å². The monoisotopic (exact) mass is 872 g/mol. The van der Waals surface area contributed by atoms with Crippen LogP contribution in [0, 0.1) is 41.5 Å². The van der Waals surface area contributed by atoms with Gasteiger partial charge >= 0.3 is 0 Å². The third-order valence-electron chi connectivity index (χ3n) is 10.2. The zero-order chi connectivity index (χ0) is 43.9. The highest BCUT2D eigenvalue weighted by molar-refractivity contribution is 7.86. The van der Waals surface area contributed by atoms with Crippen LogP contribution in [0.5, 0.6) is 17.2 Å². The Balaban J connectivity index is 1.44. The van der Waals surface area contributed by atoms with E-state index in [-0.39, 0.29) is 21.1 Å². The molecule has 0 aliphatic heterocycles. The lowest BCUT2D eigenvalue weighted by molar-refractivity contribution is 0.412. The summed E-state index contributed by atoms with van der Waals surface area (Å²) < 4.78 is 117. The van der Waals surface area contributed by atoms with Crippen molar-refractivity contribution in [2.24, 2.45) is 0 Å². The first-order valence-electron chi connectivity index (χ1n) is 18.4. The molecule has 0 aliphatic carbocycles. The Kier molecular flexibility index (Phi) is 12.2. The van der Waals surface area contributed by atoms with Crippen molar-refractivity contribution in [2.75, 3.05) is 17.7 Å². The molecule has 6 rings (SSSR count). The summed E-state index contributed by atoms with van der Waals surface area (Å²) in [5, 5.41) is 6.52. The highest BCUT2D eigenvalue weighted by Gasteiger charge is 2.27. The predicted octanol–water partition coefficient (Wildman–Crippen LogP) is 9.75. The van der Waals surface area contributed by atoms with Gasteiger partial charge in [0.15, 0.2) is 0 Å². The summed E-state index contributed by atoms with van der Waals surface area (Å²) in [5.41, 5.74) is 6.56. The molecule has 6 aromatic carbocycles. The summed E-state index contributed by atoms with van der Waals surface area (Å²) >= 11 is 0. The molecule has 0 saturated carbocycles. The number of ether oxygens (including phenoxy) is 2. The summed E-state index contributed by atoms with van der Waals surface area (Å²) in [5.74, 6) is 0.359. The summed E-state index contributed by atoms with van der Waals surface area (Å²) in [6, 6.07) is 28.5. The molecular weight excluding hydrogens is 829 g/mol.